The van der Waals surface area contributed by atoms with Crippen molar-refractivity contribution in [2.45, 2.75) is 0 Å². The molecule has 0 saturated heterocycles. The van der Waals surface area contributed by atoms with E-state index in [2.05, 4.69) is 10.3 Å². The van der Waals surface area contributed by atoms with Crippen molar-refractivity contribution in [1.82, 2.24) is 4.98 Å². The molecule has 1 heterocycles. The summed E-state index contributed by atoms with van der Waals surface area (Å²) in [6.07, 6.45) is 3.36. The highest BCUT2D eigenvalue weighted by molar-refractivity contribution is 5.92. The Morgan fingerprint density at radius 3 is 2.44 bits per heavy atom. The number of hydrogen-bond acceptors (Lipinski definition) is 4. The van der Waals surface area contributed by atoms with E-state index in [1.807, 2.05) is 48.5 Å². The maximum atomic E-state index is 12.1. The van der Waals surface area contributed by atoms with Crippen LogP contribution >= 0.6 is 0 Å². The predicted octanol–water partition coefficient (Wildman–Crippen LogP) is 3.77. The van der Waals surface area contributed by atoms with Gasteiger partial charge in [-0.2, -0.15) is 0 Å². The lowest BCUT2D eigenvalue weighted by Gasteiger charge is -2.11. The Morgan fingerprint density at radius 2 is 1.68 bits per heavy atom. The third kappa shape index (κ3) is 4.35. The number of carbonyl (C=O) groups is 1. The minimum atomic E-state index is -0.266. The number of benzene rings is 2. The number of nitrogens with zero attached hydrogens (tertiary/aromatic N) is 1. The Hall–Kier alpha value is -3.34. The van der Waals surface area contributed by atoms with E-state index in [-0.39, 0.29) is 12.5 Å². The summed E-state index contributed by atoms with van der Waals surface area (Å²) >= 11 is 0. The second kappa shape index (κ2) is 7.97. The fraction of sp³-hybridized carbons (Fsp3) is 0.100. The van der Waals surface area contributed by atoms with Crippen molar-refractivity contribution in [3.05, 3.63) is 73.1 Å². The summed E-state index contributed by atoms with van der Waals surface area (Å²) < 4.78 is 10.7. The Labute approximate surface area is 146 Å². The molecule has 0 spiro atoms. The molecule has 0 aliphatic heterocycles. The van der Waals surface area contributed by atoms with Crippen molar-refractivity contribution in [2.24, 2.45) is 0 Å². The molecule has 0 fully saturated rings. The van der Waals surface area contributed by atoms with E-state index in [1.165, 1.54) is 0 Å². The molecule has 5 nitrogen and oxygen atoms in total. The molecule has 3 aromatic rings. The lowest BCUT2D eigenvalue weighted by Crippen LogP contribution is -2.20. The molecule has 0 bridgehead atoms. The summed E-state index contributed by atoms with van der Waals surface area (Å²) in [6.45, 7) is -0.115. The molecule has 3 rings (SSSR count). The van der Waals surface area contributed by atoms with Gasteiger partial charge in [0.1, 0.15) is 0 Å². The number of aromatic nitrogens is 1. The number of rotatable bonds is 6. The summed E-state index contributed by atoms with van der Waals surface area (Å²) in [5, 5.41) is 2.79. The van der Waals surface area contributed by atoms with Crippen molar-refractivity contribution >= 4 is 11.6 Å². The summed E-state index contributed by atoms with van der Waals surface area (Å²) in [7, 11) is 1.56. The molecule has 1 N–H and O–H groups in total. The number of carbonyl (C=O) groups excluding carboxylic acids is 1. The topological polar surface area (TPSA) is 60.5 Å². The zero-order chi connectivity index (χ0) is 17.5. The number of ether oxygens (including phenoxy) is 2. The first-order valence-electron chi connectivity index (χ1n) is 7.82. The van der Waals surface area contributed by atoms with E-state index in [9.17, 15) is 4.79 Å². The summed E-state index contributed by atoms with van der Waals surface area (Å²) in [6, 6.07) is 18.9. The van der Waals surface area contributed by atoms with E-state index in [1.54, 1.807) is 31.6 Å². The van der Waals surface area contributed by atoms with Gasteiger partial charge in [-0.15, -0.1) is 0 Å². The number of nitrogens with one attached hydrogen (secondary N) is 1. The van der Waals surface area contributed by atoms with E-state index < -0.39 is 0 Å². The van der Waals surface area contributed by atoms with E-state index >= 15 is 0 Å². The molecule has 0 aliphatic carbocycles. The summed E-state index contributed by atoms with van der Waals surface area (Å²) in [5.74, 6) is 0.845. The quantitative estimate of drug-likeness (QED) is 0.745. The van der Waals surface area contributed by atoms with Gasteiger partial charge in [-0.25, -0.2) is 0 Å². The maximum absolute atomic E-state index is 12.1. The van der Waals surface area contributed by atoms with Crippen LogP contribution in [0, 0.1) is 0 Å². The first kappa shape index (κ1) is 16.5. The van der Waals surface area contributed by atoms with Gasteiger partial charge in [0.2, 0.25) is 0 Å². The fourth-order valence-corrected chi connectivity index (χ4v) is 2.38. The molecule has 0 atom stereocenters. The smallest absolute Gasteiger partial charge is 0.262 e. The van der Waals surface area contributed by atoms with Crippen LogP contribution in [0.2, 0.25) is 0 Å². The molecule has 2 aromatic carbocycles. The Kier molecular flexibility index (Phi) is 5.26. The predicted molar refractivity (Wildman–Crippen MR) is 96.8 cm³/mol. The van der Waals surface area contributed by atoms with Crippen LogP contribution in [0.15, 0.2) is 73.1 Å². The van der Waals surface area contributed by atoms with Crippen LogP contribution in [0.4, 0.5) is 5.69 Å². The van der Waals surface area contributed by atoms with Crippen molar-refractivity contribution in [1.29, 1.82) is 0 Å². The standard InChI is InChI=1S/C20H18N2O3/c1-24-18-9-5-6-10-19(18)25-14-20(23)22-17-11-16(12-21-13-17)15-7-3-2-4-8-15/h2-13H,14H2,1H3,(H,22,23). The zero-order valence-electron chi connectivity index (χ0n) is 13.8. The minimum Gasteiger partial charge on any atom is -0.493 e. The van der Waals surface area contributed by atoms with Crippen LogP contribution < -0.4 is 14.8 Å². The molecule has 5 heteroatoms. The largest absolute Gasteiger partial charge is 0.493 e. The first-order valence-corrected chi connectivity index (χ1v) is 7.82. The van der Waals surface area contributed by atoms with Crippen molar-refractivity contribution in [2.75, 3.05) is 19.0 Å². The van der Waals surface area contributed by atoms with Gasteiger partial charge in [0.05, 0.1) is 19.0 Å². The van der Waals surface area contributed by atoms with Gasteiger partial charge in [0.25, 0.3) is 5.91 Å². The number of methoxy groups -OCH3 is 1. The lowest BCUT2D eigenvalue weighted by molar-refractivity contribution is -0.118. The molecule has 1 amide bonds. The molecule has 0 saturated carbocycles. The van der Waals surface area contributed by atoms with Crippen LogP contribution in [0.1, 0.15) is 0 Å². The van der Waals surface area contributed by atoms with Crippen LogP contribution in [0.25, 0.3) is 11.1 Å². The number of para-hydroxylation sites is 2. The molecule has 0 aliphatic rings. The van der Waals surface area contributed by atoms with E-state index in [0.717, 1.165) is 11.1 Å². The van der Waals surface area contributed by atoms with Crippen LogP contribution in [-0.2, 0) is 4.79 Å². The van der Waals surface area contributed by atoms with Gasteiger partial charge in [0, 0.05) is 11.8 Å². The van der Waals surface area contributed by atoms with Gasteiger partial charge in [-0.05, 0) is 23.8 Å². The highest BCUT2D eigenvalue weighted by atomic mass is 16.5. The first-order chi connectivity index (χ1) is 12.3. The Morgan fingerprint density at radius 1 is 0.960 bits per heavy atom. The minimum absolute atomic E-state index is 0.115. The summed E-state index contributed by atoms with van der Waals surface area (Å²) in [5.41, 5.74) is 2.59. The SMILES string of the molecule is COc1ccccc1OCC(=O)Nc1cncc(-c2ccccc2)c1. The normalized spacial score (nSPS) is 10.1. The van der Waals surface area contributed by atoms with Gasteiger partial charge in [-0.1, -0.05) is 42.5 Å². The van der Waals surface area contributed by atoms with E-state index in [4.69, 9.17) is 9.47 Å². The lowest BCUT2D eigenvalue weighted by atomic mass is 10.1. The second-order valence-electron chi connectivity index (χ2n) is 5.32. The molecule has 25 heavy (non-hydrogen) atoms. The maximum Gasteiger partial charge on any atom is 0.262 e. The van der Waals surface area contributed by atoms with Crippen molar-refractivity contribution in [3.63, 3.8) is 0 Å². The highest BCUT2D eigenvalue weighted by Crippen LogP contribution is 2.25. The van der Waals surface area contributed by atoms with Crippen molar-refractivity contribution < 1.29 is 14.3 Å². The third-order valence-corrected chi connectivity index (χ3v) is 3.56. The van der Waals surface area contributed by atoms with Gasteiger partial charge in [-0.3, -0.25) is 9.78 Å². The summed E-state index contributed by atoms with van der Waals surface area (Å²) in [4.78, 5) is 16.3. The molecule has 126 valence electrons. The van der Waals surface area contributed by atoms with Crippen LogP contribution in [0.5, 0.6) is 11.5 Å². The third-order valence-electron chi connectivity index (χ3n) is 3.56. The van der Waals surface area contributed by atoms with Crippen molar-refractivity contribution in [3.8, 4) is 22.6 Å². The molecule has 1 aromatic heterocycles. The molecule has 0 unspecified atom stereocenters. The van der Waals surface area contributed by atoms with Crippen LogP contribution in [-0.4, -0.2) is 24.6 Å². The molecular formula is C20H18N2O3. The average Bonchev–Trinajstić information content (AvgIpc) is 2.67. The van der Waals surface area contributed by atoms with Gasteiger partial charge < -0.3 is 14.8 Å². The number of hydrogen-bond donors (Lipinski definition) is 1. The second-order valence-corrected chi connectivity index (χ2v) is 5.32. The Balaban J connectivity index is 1.63. The van der Waals surface area contributed by atoms with Gasteiger partial charge >= 0.3 is 0 Å². The number of amides is 1. The molecular weight excluding hydrogens is 316 g/mol. The fourth-order valence-electron chi connectivity index (χ4n) is 2.38. The number of anilines is 1. The Bertz CT molecular complexity index is 850. The zero-order valence-corrected chi connectivity index (χ0v) is 13.8. The average molecular weight is 334 g/mol. The number of pyridine rings is 1. The molecule has 0 radical (unpaired) electrons. The highest BCUT2D eigenvalue weighted by Gasteiger charge is 2.08. The van der Waals surface area contributed by atoms with E-state index in [0.29, 0.717) is 17.2 Å². The van der Waals surface area contributed by atoms with Gasteiger partial charge in [0.15, 0.2) is 18.1 Å². The monoisotopic (exact) mass is 334 g/mol. The van der Waals surface area contributed by atoms with Crippen LogP contribution in [0.3, 0.4) is 0 Å².